The molecule has 0 radical (unpaired) electrons. The fourth-order valence-electron chi connectivity index (χ4n) is 2.05. The number of nitrogens with two attached hydrogens (primary N) is 1. The van der Waals surface area contributed by atoms with Crippen molar-refractivity contribution in [1.82, 2.24) is 10.3 Å². The van der Waals surface area contributed by atoms with Crippen LogP contribution in [-0.4, -0.2) is 17.4 Å². The van der Waals surface area contributed by atoms with Crippen LogP contribution in [-0.2, 0) is 11.2 Å². The van der Waals surface area contributed by atoms with E-state index in [1.807, 2.05) is 27.0 Å². The molecule has 1 rings (SSSR count). The van der Waals surface area contributed by atoms with Crippen molar-refractivity contribution in [3.63, 3.8) is 0 Å². The van der Waals surface area contributed by atoms with Gasteiger partial charge in [-0.3, -0.25) is 4.79 Å². The first-order valence-corrected chi connectivity index (χ1v) is 7.80. The summed E-state index contributed by atoms with van der Waals surface area (Å²) in [6, 6.07) is -0.0539. The molecule has 1 atom stereocenters. The minimum Gasteiger partial charge on any atom is -0.347 e. The van der Waals surface area contributed by atoms with Gasteiger partial charge in [-0.15, -0.1) is 11.3 Å². The summed E-state index contributed by atoms with van der Waals surface area (Å²) >= 11 is 1.66. The van der Waals surface area contributed by atoms with E-state index in [2.05, 4.69) is 17.2 Å². The second-order valence-corrected chi connectivity index (χ2v) is 6.05. The maximum absolute atomic E-state index is 12.4. The molecule has 0 aliphatic carbocycles. The molecule has 0 bridgehead atoms. The molecule has 19 heavy (non-hydrogen) atoms. The second-order valence-electron chi connectivity index (χ2n) is 4.91. The molecule has 0 aliphatic heterocycles. The van der Waals surface area contributed by atoms with Crippen molar-refractivity contribution in [2.45, 2.75) is 53.0 Å². The Morgan fingerprint density at radius 2 is 2.11 bits per heavy atom. The Bertz CT molecular complexity index is 404. The fourth-order valence-corrected chi connectivity index (χ4v) is 2.91. The van der Waals surface area contributed by atoms with E-state index in [0.717, 1.165) is 24.3 Å². The Hall–Kier alpha value is -0.940. The summed E-state index contributed by atoms with van der Waals surface area (Å²) in [5, 5.41) is 4.02. The lowest BCUT2D eigenvalue weighted by molar-refractivity contribution is -0.131. The molecule has 3 N–H and O–H groups in total. The van der Waals surface area contributed by atoms with Crippen molar-refractivity contribution in [3.8, 4) is 0 Å². The highest BCUT2D eigenvalue weighted by Crippen LogP contribution is 2.27. The lowest BCUT2D eigenvalue weighted by Crippen LogP contribution is -2.46. The number of rotatable bonds is 7. The van der Waals surface area contributed by atoms with Gasteiger partial charge in [-0.1, -0.05) is 20.8 Å². The molecule has 0 aliphatic rings. The van der Waals surface area contributed by atoms with Crippen LogP contribution >= 0.6 is 11.3 Å². The number of aromatic nitrogens is 1. The van der Waals surface area contributed by atoms with Gasteiger partial charge in [0.15, 0.2) is 0 Å². The number of nitrogens with one attached hydrogen (secondary N) is 1. The van der Waals surface area contributed by atoms with Gasteiger partial charge in [-0.25, -0.2) is 4.98 Å². The molecule has 1 unspecified atom stereocenters. The van der Waals surface area contributed by atoms with Gasteiger partial charge in [0.2, 0.25) is 5.91 Å². The number of amides is 1. The minimum absolute atomic E-state index is 0.0424. The number of hydrogen-bond donors (Lipinski definition) is 2. The third-order valence-electron chi connectivity index (χ3n) is 3.86. The fraction of sp³-hybridized carbons (Fsp3) is 0.714. The van der Waals surface area contributed by atoms with Crippen LogP contribution in [0.5, 0.6) is 0 Å². The van der Waals surface area contributed by atoms with E-state index in [9.17, 15) is 4.79 Å². The van der Waals surface area contributed by atoms with Gasteiger partial charge in [-0.05, 0) is 26.2 Å². The molecule has 0 spiro atoms. The SMILES string of the molecule is CCc1cnc(C(C)NC(=O)C(CC)(CC)CN)s1. The average Bonchev–Trinajstić information content (AvgIpc) is 2.90. The Labute approximate surface area is 119 Å². The van der Waals surface area contributed by atoms with Crippen molar-refractivity contribution < 1.29 is 4.79 Å². The zero-order valence-electron chi connectivity index (χ0n) is 12.3. The van der Waals surface area contributed by atoms with E-state index in [4.69, 9.17) is 5.73 Å². The van der Waals surface area contributed by atoms with Crippen LogP contribution in [0, 0.1) is 5.41 Å². The van der Waals surface area contributed by atoms with E-state index in [1.54, 1.807) is 11.3 Å². The Morgan fingerprint density at radius 3 is 2.53 bits per heavy atom. The first-order valence-electron chi connectivity index (χ1n) is 6.98. The quantitative estimate of drug-likeness (QED) is 0.808. The third-order valence-corrected chi connectivity index (χ3v) is 5.19. The number of nitrogens with zero attached hydrogens (tertiary/aromatic N) is 1. The van der Waals surface area contributed by atoms with Gasteiger partial charge >= 0.3 is 0 Å². The molecule has 1 amide bonds. The predicted molar refractivity (Wildman–Crippen MR) is 80.1 cm³/mol. The van der Waals surface area contributed by atoms with Crippen molar-refractivity contribution in [1.29, 1.82) is 0 Å². The second kappa shape index (κ2) is 7.01. The maximum Gasteiger partial charge on any atom is 0.228 e. The van der Waals surface area contributed by atoms with Crippen molar-refractivity contribution in [2.24, 2.45) is 11.1 Å². The highest BCUT2D eigenvalue weighted by molar-refractivity contribution is 7.11. The Balaban J connectivity index is 2.75. The lowest BCUT2D eigenvalue weighted by atomic mass is 9.81. The van der Waals surface area contributed by atoms with Crippen LogP contribution in [0.15, 0.2) is 6.20 Å². The van der Waals surface area contributed by atoms with Crippen LogP contribution in [0.25, 0.3) is 0 Å². The molecule has 0 aromatic carbocycles. The van der Waals surface area contributed by atoms with Crippen LogP contribution in [0.3, 0.4) is 0 Å². The van der Waals surface area contributed by atoms with Crippen LogP contribution in [0.2, 0.25) is 0 Å². The van der Waals surface area contributed by atoms with Crippen LogP contribution in [0.4, 0.5) is 0 Å². The van der Waals surface area contributed by atoms with Gasteiger partial charge in [0.25, 0.3) is 0 Å². The summed E-state index contributed by atoms with van der Waals surface area (Å²) in [4.78, 5) is 18.0. The summed E-state index contributed by atoms with van der Waals surface area (Å²) in [6.45, 7) is 8.49. The Morgan fingerprint density at radius 1 is 1.47 bits per heavy atom. The summed E-state index contributed by atoms with van der Waals surface area (Å²) in [7, 11) is 0. The first-order chi connectivity index (χ1) is 9.02. The molecule has 108 valence electrons. The smallest absolute Gasteiger partial charge is 0.228 e. The Kier molecular flexibility index (Phi) is 5.94. The maximum atomic E-state index is 12.4. The van der Waals surface area contributed by atoms with Gasteiger partial charge in [-0.2, -0.15) is 0 Å². The highest BCUT2D eigenvalue weighted by atomic mass is 32.1. The zero-order chi connectivity index (χ0) is 14.5. The van der Waals surface area contributed by atoms with Gasteiger partial charge in [0.05, 0.1) is 11.5 Å². The molecule has 5 heteroatoms. The van der Waals surface area contributed by atoms with Crippen LogP contribution < -0.4 is 11.1 Å². The van der Waals surface area contributed by atoms with Crippen molar-refractivity contribution >= 4 is 17.2 Å². The van der Waals surface area contributed by atoms with E-state index >= 15 is 0 Å². The number of carbonyl (C=O) groups is 1. The first kappa shape index (κ1) is 16.1. The molecule has 1 aromatic heterocycles. The van der Waals surface area contributed by atoms with Crippen molar-refractivity contribution in [3.05, 3.63) is 16.1 Å². The summed E-state index contributed by atoms with van der Waals surface area (Å²) < 4.78 is 0. The highest BCUT2D eigenvalue weighted by Gasteiger charge is 2.34. The van der Waals surface area contributed by atoms with Crippen LogP contribution in [0.1, 0.15) is 56.5 Å². The molecule has 0 fully saturated rings. The van der Waals surface area contributed by atoms with Gasteiger partial charge in [0.1, 0.15) is 5.01 Å². The number of hydrogen-bond acceptors (Lipinski definition) is 4. The third kappa shape index (κ3) is 3.54. The molecule has 1 aromatic rings. The molecular weight excluding hydrogens is 258 g/mol. The molecule has 4 nitrogen and oxygen atoms in total. The van der Waals surface area contributed by atoms with Gasteiger partial charge in [0, 0.05) is 17.6 Å². The topological polar surface area (TPSA) is 68.0 Å². The summed E-state index contributed by atoms with van der Waals surface area (Å²) in [6.07, 6.45) is 4.39. The van der Waals surface area contributed by atoms with E-state index < -0.39 is 5.41 Å². The number of thiazole rings is 1. The number of carbonyl (C=O) groups excluding carboxylic acids is 1. The molecule has 0 saturated carbocycles. The molecule has 0 saturated heterocycles. The standard InChI is InChI=1S/C14H25N3OS/c1-5-11-8-16-12(19-11)10(4)17-13(18)14(6-2,7-3)9-15/h8,10H,5-7,9,15H2,1-4H3,(H,17,18). The summed E-state index contributed by atoms with van der Waals surface area (Å²) in [5.41, 5.74) is 5.35. The number of aryl methyl sites for hydroxylation is 1. The normalized spacial score (nSPS) is 13.3. The van der Waals surface area contributed by atoms with Crippen molar-refractivity contribution in [2.75, 3.05) is 6.54 Å². The summed E-state index contributed by atoms with van der Waals surface area (Å²) in [5.74, 6) is 0.0424. The van der Waals surface area contributed by atoms with Gasteiger partial charge < -0.3 is 11.1 Å². The molecular formula is C14H25N3OS. The zero-order valence-corrected chi connectivity index (χ0v) is 13.1. The minimum atomic E-state index is -0.445. The molecule has 1 heterocycles. The predicted octanol–water partition coefficient (Wildman–Crippen LogP) is 2.65. The monoisotopic (exact) mass is 283 g/mol. The van der Waals surface area contributed by atoms with E-state index in [-0.39, 0.29) is 11.9 Å². The van der Waals surface area contributed by atoms with E-state index in [0.29, 0.717) is 6.54 Å². The lowest BCUT2D eigenvalue weighted by Gasteiger charge is -2.29. The largest absolute Gasteiger partial charge is 0.347 e. The average molecular weight is 283 g/mol. The van der Waals surface area contributed by atoms with E-state index in [1.165, 1.54) is 4.88 Å².